The van der Waals surface area contributed by atoms with Crippen LogP contribution in [-0.4, -0.2) is 36.1 Å². The van der Waals surface area contributed by atoms with Crippen molar-refractivity contribution >= 4 is 17.5 Å². The van der Waals surface area contributed by atoms with Gasteiger partial charge in [0.15, 0.2) is 0 Å². The van der Waals surface area contributed by atoms with Gasteiger partial charge in [0.25, 0.3) is 0 Å². The lowest BCUT2D eigenvalue weighted by Gasteiger charge is -2.25. The van der Waals surface area contributed by atoms with Crippen molar-refractivity contribution in [1.82, 2.24) is 5.32 Å². The first-order valence-corrected chi connectivity index (χ1v) is 10.5. The zero-order chi connectivity index (χ0) is 19.9. The minimum atomic E-state index is -0.666. The minimum absolute atomic E-state index is 0.00865. The van der Waals surface area contributed by atoms with Gasteiger partial charge in [0.2, 0.25) is 11.8 Å². The fraction of sp³-hybridized carbons (Fsp3) is 0.565. The SMILES string of the molecule is CC(C)CCCC(C)NC(=O)C1C2C(=O)N(c3ccccc3)C[C@]23C=C[C@H]1O3. The van der Waals surface area contributed by atoms with Gasteiger partial charge in [-0.25, -0.2) is 0 Å². The zero-order valence-electron chi connectivity index (χ0n) is 16.9. The van der Waals surface area contributed by atoms with Gasteiger partial charge in [-0.2, -0.15) is 0 Å². The standard InChI is InChI=1S/C23H30N2O3/c1-15(2)8-7-9-16(3)24-21(26)19-18-12-13-23(28-18)14-25(22(27)20(19)23)17-10-5-4-6-11-17/h4-6,10-13,15-16,18-20H,7-9,14H2,1-3H3,(H,24,26)/t16?,18-,19?,20?,23-/m1/s1. The predicted molar refractivity (Wildman–Crippen MR) is 109 cm³/mol. The van der Waals surface area contributed by atoms with Crippen LogP contribution in [0.5, 0.6) is 0 Å². The first-order valence-electron chi connectivity index (χ1n) is 10.5. The molecule has 0 saturated carbocycles. The van der Waals surface area contributed by atoms with Gasteiger partial charge < -0.3 is 15.0 Å². The van der Waals surface area contributed by atoms with Crippen LogP contribution >= 0.6 is 0 Å². The molecule has 3 aliphatic rings. The van der Waals surface area contributed by atoms with Gasteiger partial charge in [-0.1, -0.05) is 57.0 Å². The number of fused-ring (bicyclic) bond motifs is 1. The fourth-order valence-electron chi connectivity index (χ4n) is 4.87. The van der Waals surface area contributed by atoms with Crippen LogP contribution in [0.4, 0.5) is 5.69 Å². The molecule has 2 saturated heterocycles. The van der Waals surface area contributed by atoms with E-state index in [1.807, 2.05) is 49.4 Å². The molecule has 3 heterocycles. The van der Waals surface area contributed by atoms with E-state index in [1.54, 1.807) is 4.90 Å². The molecule has 1 spiro atoms. The van der Waals surface area contributed by atoms with E-state index in [9.17, 15) is 9.59 Å². The normalized spacial score (nSPS) is 31.5. The van der Waals surface area contributed by atoms with Gasteiger partial charge in [0.1, 0.15) is 5.60 Å². The number of amides is 2. The summed E-state index contributed by atoms with van der Waals surface area (Å²) in [5, 5.41) is 3.14. The Morgan fingerprint density at radius 3 is 2.71 bits per heavy atom. The molecule has 0 aliphatic carbocycles. The van der Waals surface area contributed by atoms with Gasteiger partial charge in [-0.05, 0) is 31.4 Å². The highest BCUT2D eigenvalue weighted by atomic mass is 16.5. The number of carbonyl (C=O) groups is 2. The second-order valence-corrected chi connectivity index (χ2v) is 8.89. The topological polar surface area (TPSA) is 58.6 Å². The van der Waals surface area contributed by atoms with Crippen molar-refractivity contribution in [3.8, 4) is 0 Å². The Labute approximate surface area is 167 Å². The Hall–Kier alpha value is -2.14. The molecule has 2 amide bonds. The number of nitrogens with zero attached hydrogens (tertiary/aromatic N) is 1. The summed E-state index contributed by atoms with van der Waals surface area (Å²) in [6, 6.07) is 9.74. The number of hydrogen-bond donors (Lipinski definition) is 1. The van der Waals surface area contributed by atoms with E-state index in [0.717, 1.165) is 24.9 Å². The highest BCUT2D eigenvalue weighted by Gasteiger charge is 2.67. The number of ether oxygens (including phenoxy) is 1. The van der Waals surface area contributed by atoms with Gasteiger partial charge in [-0.3, -0.25) is 9.59 Å². The van der Waals surface area contributed by atoms with Crippen LogP contribution in [0.2, 0.25) is 0 Å². The van der Waals surface area contributed by atoms with E-state index in [1.165, 1.54) is 0 Å². The van der Waals surface area contributed by atoms with Crippen LogP contribution in [0.1, 0.15) is 40.0 Å². The van der Waals surface area contributed by atoms with Crippen molar-refractivity contribution in [2.24, 2.45) is 17.8 Å². The lowest BCUT2D eigenvalue weighted by Crippen LogP contribution is -2.46. The third-order valence-electron chi connectivity index (χ3n) is 6.28. The molecule has 5 atom stereocenters. The van der Waals surface area contributed by atoms with E-state index in [0.29, 0.717) is 12.5 Å². The van der Waals surface area contributed by atoms with E-state index >= 15 is 0 Å². The second-order valence-electron chi connectivity index (χ2n) is 8.89. The molecule has 5 nitrogen and oxygen atoms in total. The quantitative estimate of drug-likeness (QED) is 0.736. The lowest BCUT2D eigenvalue weighted by molar-refractivity contribution is -0.132. The Bertz CT molecular complexity index is 775. The number of nitrogens with one attached hydrogen (secondary N) is 1. The summed E-state index contributed by atoms with van der Waals surface area (Å²) < 4.78 is 6.20. The highest BCUT2D eigenvalue weighted by molar-refractivity contribution is 6.03. The van der Waals surface area contributed by atoms with Gasteiger partial charge >= 0.3 is 0 Å². The first kappa shape index (κ1) is 19.2. The molecule has 1 aromatic rings. The molecule has 2 bridgehead atoms. The second kappa shape index (κ2) is 7.36. The van der Waals surface area contributed by atoms with Crippen LogP contribution in [0, 0.1) is 17.8 Å². The van der Waals surface area contributed by atoms with Crippen LogP contribution in [0.25, 0.3) is 0 Å². The van der Waals surface area contributed by atoms with Crippen LogP contribution in [-0.2, 0) is 14.3 Å². The summed E-state index contributed by atoms with van der Waals surface area (Å²) in [6.07, 6.45) is 6.88. The van der Waals surface area contributed by atoms with Gasteiger partial charge in [0.05, 0.1) is 24.5 Å². The summed E-state index contributed by atoms with van der Waals surface area (Å²) in [5.74, 6) is -0.275. The Morgan fingerprint density at radius 1 is 1.25 bits per heavy atom. The van der Waals surface area contributed by atoms with Gasteiger partial charge in [-0.15, -0.1) is 0 Å². The van der Waals surface area contributed by atoms with E-state index in [4.69, 9.17) is 4.74 Å². The molecule has 28 heavy (non-hydrogen) atoms. The van der Waals surface area contributed by atoms with Crippen molar-refractivity contribution in [3.05, 3.63) is 42.5 Å². The molecule has 1 N–H and O–H groups in total. The highest BCUT2D eigenvalue weighted by Crippen LogP contribution is 2.52. The van der Waals surface area contributed by atoms with Crippen molar-refractivity contribution in [2.45, 2.75) is 57.8 Å². The summed E-state index contributed by atoms with van der Waals surface area (Å²) in [4.78, 5) is 28.1. The van der Waals surface area contributed by atoms with Gasteiger partial charge in [0, 0.05) is 11.7 Å². The zero-order valence-corrected chi connectivity index (χ0v) is 16.9. The largest absolute Gasteiger partial charge is 0.360 e. The fourth-order valence-corrected chi connectivity index (χ4v) is 4.87. The molecule has 0 aromatic heterocycles. The molecule has 150 valence electrons. The monoisotopic (exact) mass is 382 g/mol. The van der Waals surface area contributed by atoms with Crippen molar-refractivity contribution in [2.75, 3.05) is 11.4 Å². The number of rotatable bonds is 7. The average Bonchev–Trinajstić information content (AvgIpc) is 3.30. The summed E-state index contributed by atoms with van der Waals surface area (Å²) in [7, 11) is 0. The molecule has 1 aromatic carbocycles. The molecular formula is C23H30N2O3. The molecule has 3 unspecified atom stereocenters. The van der Waals surface area contributed by atoms with Crippen molar-refractivity contribution < 1.29 is 14.3 Å². The Balaban J connectivity index is 1.47. The van der Waals surface area contributed by atoms with Crippen molar-refractivity contribution in [3.63, 3.8) is 0 Å². The van der Waals surface area contributed by atoms with Crippen molar-refractivity contribution in [1.29, 1.82) is 0 Å². The van der Waals surface area contributed by atoms with Crippen LogP contribution in [0.3, 0.4) is 0 Å². The molecule has 4 rings (SSSR count). The molecule has 2 fully saturated rings. The minimum Gasteiger partial charge on any atom is -0.360 e. The maximum atomic E-state index is 13.3. The van der Waals surface area contributed by atoms with E-state index < -0.39 is 17.4 Å². The van der Waals surface area contributed by atoms with Crippen LogP contribution < -0.4 is 10.2 Å². The van der Waals surface area contributed by atoms with E-state index in [-0.39, 0.29) is 24.0 Å². The molecular weight excluding hydrogens is 352 g/mol. The third-order valence-corrected chi connectivity index (χ3v) is 6.28. The number of hydrogen-bond acceptors (Lipinski definition) is 3. The number of carbonyl (C=O) groups excluding carboxylic acids is 2. The molecule has 3 aliphatic heterocycles. The molecule has 0 radical (unpaired) electrons. The smallest absolute Gasteiger partial charge is 0.234 e. The molecule has 5 heteroatoms. The Kier molecular flexibility index (Phi) is 5.04. The number of anilines is 1. The average molecular weight is 383 g/mol. The maximum absolute atomic E-state index is 13.3. The Morgan fingerprint density at radius 2 is 2.00 bits per heavy atom. The van der Waals surface area contributed by atoms with Crippen LogP contribution in [0.15, 0.2) is 42.5 Å². The maximum Gasteiger partial charge on any atom is 0.234 e. The number of para-hydroxylation sites is 1. The lowest BCUT2D eigenvalue weighted by atomic mass is 9.76. The predicted octanol–water partition coefficient (Wildman–Crippen LogP) is 3.30. The van der Waals surface area contributed by atoms with E-state index in [2.05, 4.69) is 19.2 Å². The first-order chi connectivity index (χ1) is 13.4. The summed E-state index contributed by atoms with van der Waals surface area (Å²) in [6.45, 7) is 6.95. The summed E-state index contributed by atoms with van der Waals surface area (Å²) in [5.41, 5.74) is 0.193. The third kappa shape index (κ3) is 3.26. The summed E-state index contributed by atoms with van der Waals surface area (Å²) >= 11 is 0. The number of benzene rings is 1.